The number of amides is 1. The molecule has 1 aromatic heterocycles. The number of hydrogen-bond acceptors (Lipinski definition) is 4. The largest absolute Gasteiger partial charge is 0.480 e. The van der Waals surface area contributed by atoms with Crippen LogP contribution in [0.15, 0.2) is 24.5 Å². The average molecular weight is 317 g/mol. The number of aromatic nitrogens is 1. The van der Waals surface area contributed by atoms with Crippen LogP contribution in [0, 0.1) is 5.41 Å². The number of pyridine rings is 1. The number of rotatable bonds is 4. The Labute approximate surface area is 136 Å². The zero-order valence-electron chi connectivity index (χ0n) is 13.3. The van der Waals surface area contributed by atoms with Crippen molar-refractivity contribution in [3.63, 3.8) is 0 Å². The Morgan fingerprint density at radius 2 is 2.04 bits per heavy atom. The zero-order valence-corrected chi connectivity index (χ0v) is 13.3. The van der Waals surface area contributed by atoms with Crippen molar-refractivity contribution >= 4 is 11.9 Å². The third-order valence-electron chi connectivity index (χ3n) is 4.97. The molecule has 1 unspecified atom stereocenters. The van der Waals surface area contributed by atoms with Crippen LogP contribution in [0.1, 0.15) is 31.2 Å². The van der Waals surface area contributed by atoms with Gasteiger partial charge in [-0.2, -0.15) is 0 Å². The Kier molecular flexibility index (Phi) is 4.61. The summed E-state index contributed by atoms with van der Waals surface area (Å²) in [6.07, 6.45) is 7.00. The number of nitrogens with zero attached hydrogens (tertiary/aromatic N) is 3. The zero-order chi connectivity index (χ0) is 16.3. The molecule has 1 spiro atoms. The molecule has 6 heteroatoms. The van der Waals surface area contributed by atoms with Gasteiger partial charge in [0.25, 0.3) is 0 Å². The molecule has 6 nitrogen and oxygen atoms in total. The second kappa shape index (κ2) is 6.66. The van der Waals surface area contributed by atoms with Crippen LogP contribution in [0.25, 0.3) is 0 Å². The molecule has 2 fully saturated rings. The summed E-state index contributed by atoms with van der Waals surface area (Å²) in [4.78, 5) is 31.2. The number of carbonyl (C=O) groups is 2. The molecule has 0 aliphatic carbocycles. The Bertz CT molecular complexity index is 578. The van der Waals surface area contributed by atoms with Gasteiger partial charge in [0, 0.05) is 43.9 Å². The van der Waals surface area contributed by atoms with E-state index < -0.39 is 5.97 Å². The van der Waals surface area contributed by atoms with Crippen LogP contribution in [-0.4, -0.2) is 57.9 Å². The maximum Gasteiger partial charge on any atom is 0.317 e. The van der Waals surface area contributed by atoms with Gasteiger partial charge >= 0.3 is 5.97 Å². The first kappa shape index (κ1) is 15.9. The van der Waals surface area contributed by atoms with Crippen molar-refractivity contribution in [3.8, 4) is 0 Å². The summed E-state index contributed by atoms with van der Waals surface area (Å²) in [6, 6.07) is 3.87. The summed E-state index contributed by atoms with van der Waals surface area (Å²) in [5.74, 6) is -0.578. The molecule has 0 aromatic carbocycles. The maximum absolute atomic E-state index is 12.3. The van der Waals surface area contributed by atoms with Crippen molar-refractivity contribution < 1.29 is 14.7 Å². The van der Waals surface area contributed by atoms with Gasteiger partial charge in [0.2, 0.25) is 5.91 Å². The van der Waals surface area contributed by atoms with Gasteiger partial charge in [0.15, 0.2) is 0 Å². The predicted octanol–water partition coefficient (Wildman–Crippen LogP) is 1.37. The van der Waals surface area contributed by atoms with Gasteiger partial charge in [-0.1, -0.05) is 0 Å². The number of carboxylic acids is 1. The van der Waals surface area contributed by atoms with Gasteiger partial charge < -0.3 is 10.0 Å². The van der Waals surface area contributed by atoms with Crippen LogP contribution in [0.3, 0.4) is 0 Å². The summed E-state index contributed by atoms with van der Waals surface area (Å²) >= 11 is 0. The Morgan fingerprint density at radius 1 is 1.26 bits per heavy atom. The van der Waals surface area contributed by atoms with E-state index in [1.54, 1.807) is 12.4 Å². The first-order chi connectivity index (χ1) is 11.1. The van der Waals surface area contributed by atoms with Gasteiger partial charge in [0.05, 0.1) is 6.54 Å². The Morgan fingerprint density at radius 3 is 2.78 bits per heavy atom. The van der Waals surface area contributed by atoms with Crippen molar-refractivity contribution in [1.82, 2.24) is 14.8 Å². The van der Waals surface area contributed by atoms with E-state index in [2.05, 4.69) is 4.98 Å². The fraction of sp³-hybridized carbons (Fsp3) is 0.588. The molecule has 2 aliphatic rings. The van der Waals surface area contributed by atoms with Gasteiger partial charge in [0.1, 0.15) is 0 Å². The van der Waals surface area contributed by atoms with Crippen molar-refractivity contribution in [2.24, 2.45) is 5.41 Å². The third-order valence-corrected chi connectivity index (χ3v) is 4.97. The highest BCUT2D eigenvalue weighted by Crippen LogP contribution is 2.39. The van der Waals surface area contributed by atoms with Crippen molar-refractivity contribution in [2.75, 3.05) is 26.2 Å². The van der Waals surface area contributed by atoms with Gasteiger partial charge in [-0.3, -0.25) is 19.5 Å². The third kappa shape index (κ3) is 3.88. The lowest BCUT2D eigenvalue weighted by Gasteiger charge is -2.48. The summed E-state index contributed by atoms with van der Waals surface area (Å²) in [5, 5.41) is 9.03. The average Bonchev–Trinajstić information content (AvgIpc) is 2.52. The van der Waals surface area contributed by atoms with Gasteiger partial charge in [-0.05, 0) is 43.5 Å². The minimum absolute atomic E-state index is 0.0502. The monoisotopic (exact) mass is 317 g/mol. The molecule has 1 N–H and O–H groups in total. The summed E-state index contributed by atoms with van der Waals surface area (Å²) in [7, 11) is 0. The van der Waals surface area contributed by atoms with E-state index in [0.29, 0.717) is 13.0 Å². The molecule has 2 saturated heterocycles. The maximum atomic E-state index is 12.3. The minimum atomic E-state index is -0.775. The molecule has 124 valence electrons. The lowest BCUT2D eigenvalue weighted by molar-refractivity contribution is -0.144. The summed E-state index contributed by atoms with van der Waals surface area (Å²) < 4.78 is 0. The Balaban J connectivity index is 1.69. The number of aliphatic carboxylic acids is 1. The van der Waals surface area contributed by atoms with Crippen molar-refractivity contribution in [3.05, 3.63) is 30.1 Å². The fourth-order valence-electron chi connectivity index (χ4n) is 3.92. The standard InChI is InChI=1S/C17H23N3O3/c21-15-2-6-17(5-1-9-19(12-17)11-16(22)23)13-20(15)10-14-3-7-18-8-4-14/h3-4,7-8H,1-2,5-6,9-13H2,(H,22,23). The number of piperidine rings is 2. The summed E-state index contributed by atoms with van der Waals surface area (Å²) in [5.41, 5.74) is 1.14. The first-order valence-corrected chi connectivity index (χ1v) is 8.17. The van der Waals surface area contributed by atoms with E-state index in [9.17, 15) is 9.59 Å². The smallest absolute Gasteiger partial charge is 0.317 e. The molecule has 1 amide bonds. The lowest BCUT2D eigenvalue weighted by Crippen LogP contribution is -2.54. The van der Waals surface area contributed by atoms with Crippen LogP contribution in [0.2, 0.25) is 0 Å². The van der Waals surface area contributed by atoms with Crippen molar-refractivity contribution in [1.29, 1.82) is 0 Å². The van der Waals surface area contributed by atoms with Gasteiger partial charge in [-0.25, -0.2) is 0 Å². The summed E-state index contributed by atoms with van der Waals surface area (Å²) in [6.45, 7) is 3.05. The molecular weight excluding hydrogens is 294 g/mol. The topological polar surface area (TPSA) is 73.7 Å². The second-order valence-electron chi connectivity index (χ2n) is 6.81. The highest BCUT2D eigenvalue weighted by molar-refractivity contribution is 5.77. The predicted molar refractivity (Wildman–Crippen MR) is 84.6 cm³/mol. The number of carboxylic acid groups (broad SMARTS) is 1. The highest BCUT2D eigenvalue weighted by atomic mass is 16.4. The van der Waals surface area contributed by atoms with E-state index in [1.165, 1.54) is 0 Å². The van der Waals surface area contributed by atoms with E-state index >= 15 is 0 Å². The van der Waals surface area contributed by atoms with E-state index in [1.807, 2.05) is 21.9 Å². The number of carbonyl (C=O) groups excluding carboxylic acids is 1. The second-order valence-corrected chi connectivity index (χ2v) is 6.81. The van der Waals surface area contributed by atoms with Crippen LogP contribution in [0.5, 0.6) is 0 Å². The molecule has 1 atom stereocenters. The molecule has 2 aliphatic heterocycles. The molecular formula is C17H23N3O3. The highest BCUT2D eigenvalue weighted by Gasteiger charge is 2.41. The molecule has 1 aromatic rings. The van der Waals surface area contributed by atoms with Crippen LogP contribution in [-0.2, 0) is 16.1 Å². The van der Waals surface area contributed by atoms with E-state index in [4.69, 9.17) is 5.11 Å². The first-order valence-electron chi connectivity index (χ1n) is 8.17. The fourth-order valence-corrected chi connectivity index (χ4v) is 3.92. The molecule has 3 rings (SSSR count). The van der Waals surface area contributed by atoms with E-state index in [0.717, 1.165) is 44.5 Å². The minimum Gasteiger partial charge on any atom is -0.480 e. The van der Waals surface area contributed by atoms with E-state index in [-0.39, 0.29) is 17.9 Å². The SMILES string of the molecule is O=C(O)CN1CCCC2(CCC(=O)N(Cc3ccncc3)C2)C1. The molecule has 23 heavy (non-hydrogen) atoms. The number of likely N-dealkylation sites (tertiary alicyclic amines) is 2. The molecule has 0 saturated carbocycles. The molecule has 0 radical (unpaired) electrons. The van der Waals surface area contributed by atoms with Crippen LogP contribution >= 0.6 is 0 Å². The Hall–Kier alpha value is -1.95. The molecule has 3 heterocycles. The number of hydrogen-bond donors (Lipinski definition) is 1. The normalized spacial score (nSPS) is 25.7. The van der Waals surface area contributed by atoms with Crippen molar-refractivity contribution in [2.45, 2.75) is 32.2 Å². The quantitative estimate of drug-likeness (QED) is 0.908. The lowest BCUT2D eigenvalue weighted by atomic mass is 9.73. The van der Waals surface area contributed by atoms with Gasteiger partial charge in [-0.15, -0.1) is 0 Å². The van der Waals surface area contributed by atoms with Crippen LogP contribution in [0.4, 0.5) is 0 Å². The van der Waals surface area contributed by atoms with Crippen LogP contribution < -0.4 is 0 Å². The molecule has 0 bridgehead atoms.